The van der Waals surface area contributed by atoms with Crippen LogP contribution in [0.3, 0.4) is 0 Å². The number of hydrogen-bond donors (Lipinski definition) is 0. The minimum absolute atomic E-state index is 1.02. The molecule has 3 aromatic heterocycles. The van der Waals surface area contributed by atoms with Crippen LogP contribution in [0.1, 0.15) is 5.56 Å². The van der Waals surface area contributed by atoms with E-state index in [-0.39, 0.29) is 0 Å². The lowest BCUT2D eigenvalue weighted by Gasteiger charge is -2.35. The van der Waals surface area contributed by atoms with Crippen LogP contribution in [-0.2, 0) is 6.54 Å². The molecule has 0 aliphatic carbocycles. The summed E-state index contributed by atoms with van der Waals surface area (Å²) in [5, 5.41) is 5.51. The van der Waals surface area contributed by atoms with E-state index in [2.05, 4.69) is 58.6 Å². The Morgan fingerprint density at radius 1 is 1.14 bits per heavy atom. The van der Waals surface area contributed by atoms with Crippen molar-refractivity contribution in [2.24, 2.45) is 0 Å². The summed E-state index contributed by atoms with van der Waals surface area (Å²) in [5.74, 6) is 1.09. The van der Waals surface area contributed by atoms with Crippen LogP contribution < -0.4 is 4.90 Å². The molecule has 1 aliphatic heterocycles. The summed E-state index contributed by atoms with van der Waals surface area (Å²) in [6.45, 7) is 5.22. The maximum absolute atomic E-state index is 4.51. The maximum Gasteiger partial charge on any atom is 0.140 e. The number of aromatic nitrogens is 2. The number of nitrogens with zero attached hydrogens (tertiary/aromatic N) is 4. The molecule has 4 heterocycles. The van der Waals surface area contributed by atoms with Gasteiger partial charge in [0.15, 0.2) is 0 Å². The highest BCUT2D eigenvalue weighted by molar-refractivity contribution is 9.11. The van der Waals surface area contributed by atoms with Gasteiger partial charge in [0.05, 0.1) is 9.17 Å². The Morgan fingerprint density at radius 2 is 2.00 bits per heavy atom. The molecule has 0 spiro atoms. The van der Waals surface area contributed by atoms with Gasteiger partial charge in [0, 0.05) is 32.7 Å². The van der Waals surface area contributed by atoms with Gasteiger partial charge in [0.1, 0.15) is 17.0 Å². The number of anilines is 1. The number of piperazine rings is 1. The summed E-state index contributed by atoms with van der Waals surface area (Å²) in [5.41, 5.74) is 1.40. The number of halogens is 1. The standard InChI is InChI=1S/C15H15BrN4S2/c16-13-7-11(9-22-13)8-19-2-4-20(5-3-19)14-12-1-6-21-15(12)18-10-17-14/h1,6-7,9-10H,2-5,8H2. The van der Waals surface area contributed by atoms with E-state index in [9.17, 15) is 0 Å². The highest BCUT2D eigenvalue weighted by Gasteiger charge is 2.20. The van der Waals surface area contributed by atoms with E-state index >= 15 is 0 Å². The topological polar surface area (TPSA) is 32.3 Å². The molecular weight excluding hydrogens is 380 g/mol. The molecule has 7 heteroatoms. The zero-order valence-electron chi connectivity index (χ0n) is 11.9. The molecule has 114 valence electrons. The summed E-state index contributed by atoms with van der Waals surface area (Å²) >= 11 is 6.97. The second-order valence-corrected chi connectivity index (χ2v) is 8.54. The van der Waals surface area contributed by atoms with Gasteiger partial charge in [-0.25, -0.2) is 9.97 Å². The lowest BCUT2D eigenvalue weighted by molar-refractivity contribution is 0.250. The first kappa shape index (κ1) is 14.6. The molecule has 4 nitrogen and oxygen atoms in total. The first-order chi connectivity index (χ1) is 10.8. The summed E-state index contributed by atoms with van der Waals surface area (Å²) in [7, 11) is 0. The van der Waals surface area contributed by atoms with Gasteiger partial charge < -0.3 is 4.90 Å². The lowest BCUT2D eigenvalue weighted by Crippen LogP contribution is -2.46. The Labute approximate surface area is 145 Å². The van der Waals surface area contributed by atoms with Crippen LogP contribution in [0.5, 0.6) is 0 Å². The van der Waals surface area contributed by atoms with Gasteiger partial charge in [-0.05, 0) is 44.4 Å². The molecule has 4 rings (SSSR count). The summed E-state index contributed by atoms with van der Waals surface area (Å²) in [6.07, 6.45) is 1.68. The van der Waals surface area contributed by atoms with Crippen molar-refractivity contribution < 1.29 is 0 Å². The van der Waals surface area contributed by atoms with Gasteiger partial charge in [-0.15, -0.1) is 22.7 Å². The van der Waals surface area contributed by atoms with Gasteiger partial charge in [-0.1, -0.05) is 0 Å². The normalized spacial score (nSPS) is 16.5. The fourth-order valence-corrected chi connectivity index (χ4v) is 4.76. The van der Waals surface area contributed by atoms with E-state index in [1.165, 1.54) is 14.7 Å². The highest BCUT2D eigenvalue weighted by Crippen LogP contribution is 2.28. The first-order valence-corrected chi connectivity index (χ1v) is 9.73. The Morgan fingerprint density at radius 3 is 2.77 bits per heavy atom. The number of rotatable bonds is 3. The molecule has 0 unspecified atom stereocenters. The molecule has 0 atom stereocenters. The fourth-order valence-electron chi connectivity index (χ4n) is 2.83. The van der Waals surface area contributed by atoms with E-state index in [0.717, 1.165) is 43.4 Å². The van der Waals surface area contributed by atoms with Gasteiger partial charge in [0.2, 0.25) is 0 Å². The molecule has 0 bridgehead atoms. The molecular formula is C15H15BrN4S2. The monoisotopic (exact) mass is 394 g/mol. The third-order valence-corrected chi connectivity index (χ3v) is 6.31. The number of thiophene rings is 2. The van der Waals surface area contributed by atoms with E-state index in [1.54, 1.807) is 29.0 Å². The van der Waals surface area contributed by atoms with Gasteiger partial charge in [-0.2, -0.15) is 0 Å². The van der Waals surface area contributed by atoms with Crippen LogP contribution in [0.2, 0.25) is 0 Å². The Balaban J connectivity index is 1.44. The largest absolute Gasteiger partial charge is 0.353 e. The molecule has 22 heavy (non-hydrogen) atoms. The van der Waals surface area contributed by atoms with Gasteiger partial charge in [-0.3, -0.25) is 4.90 Å². The molecule has 3 aromatic rings. The van der Waals surface area contributed by atoms with Crippen molar-refractivity contribution >= 4 is 54.6 Å². The quantitative estimate of drug-likeness (QED) is 0.675. The summed E-state index contributed by atoms with van der Waals surface area (Å²) in [6, 6.07) is 4.35. The second kappa shape index (κ2) is 6.23. The van der Waals surface area contributed by atoms with Crippen LogP contribution in [0.15, 0.2) is 33.0 Å². The Kier molecular flexibility index (Phi) is 4.13. The van der Waals surface area contributed by atoms with Crippen molar-refractivity contribution in [1.82, 2.24) is 14.9 Å². The fraction of sp³-hybridized carbons (Fsp3) is 0.333. The predicted octanol–water partition coefficient (Wildman–Crippen LogP) is 3.84. The van der Waals surface area contributed by atoms with E-state index in [4.69, 9.17) is 0 Å². The Bertz CT molecular complexity index is 777. The number of hydrogen-bond acceptors (Lipinski definition) is 6. The molecule has 0 radical (unpaired) electrons. The summed E-state index contributed by atoms with van der Waals surface area (Å²) < 4.78 is 1.21. The summed E-state index contributed by atoms with van der Waals surface area (Å²) in [4.78, 5) is 14.8. The third kappa shape index (κ3) is 2.90. The minimum Gasteiger partial charge on any atom is -0.353 e. The first-order valence-electron chi connectivity index (χ1n) is 7.18. The molecule has 1 fully saturated rings. The molecule has 0 amide bonds. The molecule has 1 saturated heterocycles. The smallest absolute Gasteiger partial charge is 0.140 e. The predicted molar refractivity (Wildman–Crippen MR) is 96.9 cm³/mol. The molecule has 1 aliphatic rings. The third-order valence-electron chi connectivity index (χ3n) is 3.94. The molecule has 0 saturated carbocycles. The number of fused-ring (bicyclic) bond motifs is 1. The van der Waals surface area contributed by atoms with Crippen molar-refractivity contribution in [2.45, 2.75) is 6.54 Å². The highest BCUT2D eigenvalue weighted by atomic mass is 79.9. The lowest BCUT2D eigenvalue weighted by atomic mass is 10.2. The van der Waals surface area contributed by atoms with Crippen molar-refractivity contribution in [3.63, 3.8) is 0 Å². The van der Waals surface area contributed by atoms with Crippen molar-refractivity contribution in [2.75, 3.05) is 31.1 Å². The maximum atomic E-state index is 4.51. The van der Waals surface area contributed by atoms with Crippen molar-refractivity contribution in [3.8, 4) is 0 Å². The molecule has 0 N–H and O–H groups in total. The zero-order chi connectivity index (χ0) is 14.9. The van der Waals surface area contributed by atoms with Gasteiger partial charge >= 0.3 is 0 Å². The second-order valence-electron chi connectivity index (χ2n) is 5.36. The van der Waals surface area contributed by atoms with Crippen LogP contribution in [0, 0.1) is 0 Å². The Hall–Kier alpha value is -1.02. The van der Waals surface area contributed by atoms with Crippen LogP contribution >= 0.6 is 38.6 Å². The van der Waals surface area contributed by atoms with Crippen LogP contribution in [0.25, 0.3) is 10.2 Å². The van der Waals surface area contributed by atoms with E-state index in [1.807, 2.05) is 0 Å². The SMILES string of the molecule is Brc1cc(CN2CCN(c3ncnc4sccc34)CC2)cs1. The zero-order valence-corrected chi connectivity index (χ0v) is 15.1. The molecule has 0 aromatic carbocycles. The van der Waals surface area contributed by atoms with E-state index in [0.29, 0.717) is 0 Å². The van der Waals surface area contributed by atoms with Crippen LogP contribution in [-0.4, -0.2) is 41.0 Å². The average Bonchev–Trinajstić information content (AvgIpc) is 3.16. The van der Waals surface area contributed by atoms with Crippen molar-refractivity contribution in [1.29, 1.82) is 0 Å². The average molecular weight is 395 g/mol. The van der Waals surface area contributed by atoms with Gasteiger partial charge in [0.25, 0.3) is 0 Å². The minimum atomic E-state index is 1.02. The van der Waals surface area contributed by atoms with Crippen LogP contribution in [0.4, 0.5) is 5.82 Å². The van der Waals surface area contributed by atoms with Crippen molar-refractivity contribution in [3.05, 3.63) is 38.6 Å². The van der Waals surface area contributed by atoms with E-state index < -0.39 is 0 Å².